The molecule has 0 aromatic heterocycles. The summed E-state index contributed by atoms with van der Waals surface area (Å²) in [4.78, 5) is 9.37. The third-order valence-electron chi connectivity index (χ3n) is 0.302. The first-order valence-electron chi connectivity index (χ1n) is 1.49. The fourth-order valence-corrected chi connectivity index (χ4v) is 0. The van der Waals surface area contributed by atoms with Crippen LogP contribution in [0.4, 0.5) is 0 Å². The summed E-state index contributed by atoms with van der Waals surface area (Å²) in [6, 6.07) is 0. The number of carboxylic acid groups (broad SMARTS) is 1. The van der Waals surface area contributed by atoms with Gasteiger partial charge in [0.05, 0.1) is 0 Å². The van der Waals surface area contributed by atoms with Crippen molar-refractivity contribution in [3.8, 4) is 0 Å². The molecular weight excluding hydrogens is 175 g/mol. The molecule has 0 spiro atoms. The first-order valence-corrected chi connectivity index (χ1v) is 1.49. The van der Waals surface area contributed by atoms with E-state index in [0.717, 1.165) is 0 Å². The number of hydrogen-bond donors (Lipinski definition) is 1. The van der Waals surface area contributed by atoms with Crippen molar-refractivity contribution in [3.63, 3.8) is 0 Å². The second-order valence-electron chi connectivity index (χ2n) is 0.747. The molecule has 3 nitrogen and oxygen atoms in total. The third kappa shape index (κ3) is 21.9. The molecule has 0 bridgehead atoms. The Hall–Kier alpha value is 0.313. The van der Waals surface area contributed by atoms with Gasteiger partial charge in [-0.25, -0.2) is 0 Å². The fourth-order valence-electron chi connectivity index (χ4n) is 0. The molecule has 0 unspecified atom stereocenters. The van der Waals surface area contributed by atoms with Crippen LogP contribution in [0, 0.1) is 0 Å². The van der Waals surface area contributed by atoms with Crippen molar-refractivity contribution in [1.82, 2.24) is 0 Å². The average Bonchev–Trinajstić information content (AvgIpc) is 1.38. The van der Waals surface area contributed by atoms with Gasteiger partial charge in [0.15, 0.2) is 0 Å². The quantitative estimate of drug-likeness (QED) is 0.604. The van der Waals surface area contributed by atoms with Crippen molar-refractivity contribution in [3.05, 3.63) is 0 Å². The van der Waals surface area contributed by atoms with Crippen molar-refractivity contribution < 1.29 is 41.6 Å². The van der Waals surface area contributed by atoms with Gasteiger partial charge in [-0.15, -0.1) is 0 Å². The first kappa shape index (κ1) is 15.7. The Morgan fingerprint density at radius 3 is 1.86 bits per heavy atom. The molecule has 0 fully saturated rings. The van der Waals surface area contributed by atoms with Crippen LogP contribution in [0.3, 0.4) is 0 Å². The maximum absolute atomic E-state index is 9.37. The first-order chi connectivity index (χ1) is 2.27. The summed E-state index contributed by atoms with van der Waals surface area (Å²) in [5.41, 5.74) is 0. The van der Waals surface area contributed by atoms with Crippen molar-refractivity contribution in [2.45, 2.75) is 13.3 Å². The van der Waals surface area contributed by atoms with Crippen molar-refractivity contribution >= 4 is 5.97 Å². The fraction of sp³-hybridized carbons (Fsp3) is 0.667. The number of carboxylic acids is 1. The minimum absolute atomic E-state index is 0. The van der Waals surface area contributed by atoms with Crippen LogP contribution in [0.1, 0.15) is 13.3 Å². The van der Waals surface area contributed by atoms with Gasteiger partial charge in [0, 0.05) is 32.6 Å². The van der Waals surface area contributed by atoms with Crippen molar-refractivity contribution in [2.24, 2.45) is 0 Å². The predicted octanol–water partition coefficient (Wildman–Crippen LogP) is -0.346. The van der Waals surface area contributed by atoms with E-state index in [2.05, 4.69) is 0 Å². The molecule has 0 aromatic rings. The van der Waals surface area contributed by atoms with Gasteiger partial charge in [0.1, 0.15) is 0 Å². The molecule has 0 heterocycles. The summed E-state index contributed by atoms with van der Waals surface area (Å²) < 4.78 is 0. The molecule has 42 valence electrons. The minimum atomic E-state index is -0.745. The van der Waals surface area contributed by atoms with Crippen LogP contribution in [0.25, 0.3) is 0 Å². The Balaban J connectivity index is -0.0000000800. The van der Waals surface area contributed by atoms with Gasteiger partial charge >= 0.3 is 5.97 Å². The summed E-state index contributed by atoms with van der Waals surface area (Å²) in [6.45, 7) is 1.60. The van der Waals surface area contributed by atoms with E-state index in [4.69, 9.17) is 5.11 Å². The molecule has 0 amide bonds. The van der Waals surface area contributed by atoms with E-state index in [0.29, 0.717) is 0 Å². The molecule has 4 heteroatoms. The van der Waals surface area contributed by atoms with Crippen molar-refractivity contribution in [2.75, 3.05) is 0 Å². The third-order valence-corrected chi connectivity index (χ3v) is 0.302. The Morgan fingerprint density at radius 1 is 1.71 bits per heavy atom. The van der Waals surface area contributed by atoms with Gasteiger partial charge < -0.3 is 10.6 Å². The summed E-state index contributed by atoms with van der Waals surface area (Å²) in [5.74, 6) is -0.745. The van der Waals surface area contributed by atoms with E-state index in [9.17, 15) is 4.79 Å². The molecule has 0 aromatic carbocycles. The smallest absolute Gasteiger partial charge is 0.303 e. The summed E-state index contributed by atoms with van der Waals surface area (Å²) in [6.07, 6.45) is 0.222. The minimum Gasteiger partial charge on any atom is -0.481 e. The molecule has 0 aliphatic carbocycles. The van der Waals surface area contributed by atoms with Gasteiger partial charge in [-0.2, -0.15) is 0 Å². The van der Waals surface area contributed by atoms with Gasteiger partial charge in [0.2, 0.25) is 0 Å². The average molecular weight is 183 g/mol. The summed E-state index contributed by atoms with van der Waals surface area (Å²) in [7, 11) is 0. The van der Waals surface area contributed by atoms with Gasteiger partial charge in [-0.05, 0) is 0 Å². The van der Waals surface area contributed by atoms with E-state index >= 15 is 0 Å². The van der Waals surface area contributed by atoms with Gasteiger partial charge in [-0.1, -0.05) is 6.92 Å². The van der Waals surface area contributed by atoms with Crippen LogP contribution in [-0.2, 0) is 31.0 Å². The Bertz CT molecular complexity index is 45.4. The number of carbonyl (C=O) groups is 1. The van der Waals surface area contributed by atoms with E-state index in [-0.39, 0.29) is 38.1 Å². The molecular formula is C3H8O3Zr. The number of aliphatic carboxylic acids is 1. The van der Waals surface area contributed by atoms with Gasteiger partial charge in [0.25, 0.3) is 0 Å². The molecule has 0 atom stereocenters. The monoisotopic (exact) mass is 182 g/mol. The summed E-state index contributed by atoms with van der Waals surface area (Å²) in [5, 5.41) is 7.72. The zero-order valence-electron chi connectivity index (χ0n) is 4.06. The van der Waals surface area contributed by atoms with Crippen LogP contribution in [0.2, 0.25) is 0 Å². The standard InChI is InChI=1S/C3H6O2.H2O.Zr/c1-2-3(4)5;;/h2H2,1H3,(H,4,5);1H2;. The second-order valence-corrected chi connectivity index (χ2v) is 0.747. The van der Waals surface area contributed by atoms with Crippen LogP contribution in [-0.4, -0.2) is 16.6 Å². The van der Waals surface area contributed by atoms with Crippen LogP contribution in [0.5, 0.6) is 0 Å². The zero-order chi connectivity index (χ0) is 4.28. The number of rotatable bonds is 1. The van der Waals surface area contributed by atoms with Gasteiger partial charge in [-0.3, -0.25) is 4.79 Å². The normalized spacial score (nSPS) is 5.29. The van der Waals surface area contributed by atoms with E-state index in [1.165, 1.54) is 0 Å². The number of hydrogen-bond acceptors (Lipinski definition) is 1. The SMILES string of the molecule is CCC(=O)O.O.[Zr]. The second kappa shape index (κ2) is 9.58. The van der Waals surface area contributed by atoms with E-state index in [1.807, 2.05) is 0 Å². The molecule has 0 rings (SSSR count). The van der Waals surface area contributed by atoms with E-state index in [1.54, 1.807) is 6.92 Å². The Labute approximate surface area is 61.2 Å². The molecule has 0 saturated heterocycles. The van der Waals surface area contributed by atoms with Crippen LogP contribution >= 0.6 is 0 Å². The molecule has 0 aliphatic heterocycles. The molecule has 0 radical (unpaired) electrons. The largest absolute Gasteiger partial charge is 0.481 e. The maximum atomic E-state index is 9.37. The molecule has 0 aliphatic rings. The van der Waals surface area contributed by atoms with E-state index < -0.39 is 5.97 Å². The molecule has 3 N–H and O–H groups in total. The Kier molecular flexibility index (Phi) is 21.4. The molecule has 0 saturated carbocycles. The maximum Gasteiger partial charge on any atom is 0.303 e. The zero-order valence-corrected chi connectivity index (χ0v) is 6.52. The topological polar surface area (TPSA) is 68.8 Å². The van der Waals surface area contributed by atoms with Crippen LogP contribution < -0.4 is 0 Å². The Morgan fingerprint density at radius 2 is 1.86 bits per heavy atom. The summed E-state index contributed by atoms with van der Waals surface area (Å²) >= 11 is 0. The predicted molar refractivity (Wildman–Crippen MR) is 21.5 cm³/mol. The van der Waals surface area contributed by atoms with Crippen molar-refractivity contribution in [1.29, 1.82) is 0 Å². The van der Waals surface area contributed by atoms with Crippen LogP contribution in [0.15, 0.2) is 0 Å². The molecule has 7 heavy (non-hydrogen) atoms.